The maximum Gasteiger partial charge on any atom is 0.244 e. The van der Waals surface area contributed by atoms with Crippen LogP contribution in [0.25, 0.3) is 11.7 Å². The maximum atomic E-state index is 11.8. The van der Waals surface area contributed by atoms with Crippen molar-refractivity contribution in [2.75, 3.05) is 0 Å². The molecule has 0 radical (unpaired) electrons. The summed E-state index contributed by atoms with van der Waals surface area (Å²) < 4.78 is 1.92. The van der Waals surface area contributed by atoms with Gasteiger partial charge in [-0.1, -0.05) is 6.07 Å². The van der Waals surface area contributed by atoms with Crippen LogP contribution in [0.5, 0.6) is 0 Å². The number of pyridine rings is 2. The van der Waals surface area contributed by atoms with E-state index in [0.29, 0.717) is 6.54 Å². The summed E-state index contributed by atoms with van der Waals surface area (Å²) in [4.78, 5) is 20.0. The molecule has 21 heavy (non-hydrogen) atoms. The monoisotopic (exact) mass is 278 g/mol. The number of nitrogens with zero attached hydrogens (tertiary/aromatic N) is 3. The van der Waals surface area contributed by atoms with E-state index in [1.807, 2.05) is 40.9 Å². The lowest BCUT2D eigenvalue weighted by atomic mass is 10.2. The lowest BCUT2D eigenvalue weighted by molar-refractivity contribution is -0.116. The Hall–Kier alpha value is -2.95. The van der Waals surface area contributed by atoms with E-state index in [1.54, 1.807) is 24.7 Å². The molecule has 1 amide bonds. The van der Waals surface area contributed by atoms with Gasteiger partial charge in [0, 0.05) is 31.2 Å². The molecule has 3 aromatic rings. The summed E-state index contributed by atoms with van der Waals surface area (Å²) in [6, 6.07) is 9.51. The van der Waals surface area contributed by atoms with Crippen molar-refractivity contribution < 1.29 is 4.79 Å². The van der Waals surface area contributed by atoms with Crippen LogP contribution in [-0.2, 0) is 11.3 Å². The highest BCUT2D eigenvalue weighted by molar-refractivity contribution is 5.91. The van der Waals surface area contributed by atoms with E-state index in [2.05, 4.69) is 15.3 Å². The van der Waals surface area contributed by atoms with Crippen LogP contribution in [-0.4, -0.2) is 20.3 Å². The highest BCUT2D eigenvalue weighted by Gasteiger charge is 2.00. The summed E-state index contributed by atoms with van der Waals surface area (Å²) in [5.74, 6) is -0.141. The third-order valence-electron chi connectivity index (χ3n) is 3.07. The predicted molar refractivity (Wildman–Crippen MR) is 80.3 cm³/mol. The van der Waals surface area contributed by atoms with E-state index in [9.17, 15) is 4.79 Å². The number of hydrogen-bond acceptors (Lipinski definition) is 3. The van der Waals surface area contributed by atoms with Crippen LogP contribution in [0.2, 0.25) is 0 Å². The summed E-state index contributed by atoms with van der Waals surface area (Å²) in [6.45, 7) is 0.485. The van der Waals surface area contributed by atoms with Crippen LogP contribution in [0.3, 0.4) is 0 Å². The van der Waals surface area contributed by atoms with Crippen molar-refractivity contribution in [1.29, 1.82) is 0 Å². The molecular weight excluding hydrogens is 264 g/mol. The van der Waals surface area contributed by atoms with Crippen molar-refractivity contribution in [3.05, 3.63) is 72.5 Å². The summed E-state index contributed by atoms with van der Waals surface area (Å²) in [5.41, 5.74) is 2.74. The zero-order valence-corrected chi connectivity index (χ0v) is 11.3. The first-order valence-corrected chi connectivity index (χ1v) is 6.60. The molecule has 0 aliphatic rings. The van der Waals surface area contributed by atoms with E-state index < -0.39 is 0 Å². The normalized spacial score (nSPS) is 11.0. The molecule has 3 rings (SSSR count). The molecule has 0 bridgehead atoms. The van der Waals surface area contributed by atoms with Crippen LogP contribution in [0.4, 0.5) is 0 Å². The highest BCUT2D eigenvalue weighted by atomic mass is 16.1. The number of aromatic nitrogens is 3. The Balaban J connectivity index is 1.64. The fourth-order valence-corrected chi connectivity index (χ4v) is 1.99. The SMILES string of the molecule is O=C(/C=C/c1cnc2ccccn12)NCc1ccncc1. The molecule has 5 nitrogen and oxygen atoms in total. The molecule has 0 unspecified atom stereocenters. The lowest BCUT2D eigenvalue weighted by Crippen LogP contribution is -2.20. The van der Waals surface area contributed by atoms with Gasteiger partial charge in [-0.3, -0.25) is 9.78 Å². The minimum Gasteiger partial charge on any atom is -0.348 e. The first-order valence-electron chi connectivity index (χ1n) is 6.60. The van der Waals surface area contributed by atoms with Gasteiger partial charge < -0.3 is 9.72 Å². The molecule has 0 aromatic carbocycles. The van der Waals surface area contributed by atoms with Crippen molar-refractivity contribution >= 4 is 17.6 Å². The van der Waals surface area contributed by atoms with Crippen LogP contribution in [0, 0.1) is 0 Å². The van der Waals surface area contributed by atoms with E-state index in [0.717, 1.165) is 16.9 Å². The number of imidazole rings is 1. The zero-order chi connectivity index (χ0) is 14.5. The molecule has 5 heteroatoms. The second kappa shape index (κ2) is 6.00. The molecular formula is C16H14N4O. The summed E-state index contributed by atoms with van der Waals surface area (Å²) in [5, 5.41) is 2.83. The van der Waals surface area contributed by atoms with Gasteiger partial charge in [0.2, 0.25) is 5.91 Å². The smallest absolute Gasteiger partial charge is 0.244 e. The largest absolute Gasteiger partial charge is 0.348 e. The Bertz CT molecular complexity index is 777. The third-order valence-corrected chi connectivity index (χ3v) is 3.07. The number of nitrogens with one attached hydrogen (secondary N) is 1. The fourth-order valence-electron chi connectivity index (χ4n) is 1.99. The average molecular weight is 278 g/mol. The molecule has 0 saturated heterocycles. The van der Waals surface area contributed by atoms with Crippen LogP contribution in [0.15, 0.2) is 61.2 Å². The summed E-state index contributed by atoms with van der Waals surface area (Å²) in [7, 11) is 0. The number of carbonyl (C=O) groups excluding carboxylic acids is 1. The van der Waals surface area contributed by atoms with Crippen molar-refractivity contribution in [1.82, 2.24) is 19.7 Å². The first-order chi connectivity index (χ1) is 10.3. The van der Waals surface area contributed by atoms with Crippen LogP contribution < -0.4 is 5.32 Å². The second-order valence-corrected chi connectivity index (χ2v) is 4.52. The number of amides is 1. The average Bonchev–Trinajstić information content (AvgIpc) is 2.95. The quantitative estimate of drug-likeness (QED) is 0.743. The molecule has 3 heterocycles. The molecule has 0 spiro atoms. The molecule has 0 atom stereocenters. The number of hydrogen-bond donors (Lipinski definition) is 1. The number of rotatable bonds is 4. The topological polar surface area (TPSA) is 59.3 Å². The Morgan fingerprint density at radius 2 is 2.10 bits per heavy atom. The van der Waals surface area contributed by atoms with Gasteiger partial charge in [-0.15, -0.1) is 0 Å². The van der Waals surface area contributed by atoms with Crippen LogP contribution in [0.1, 0.15) is 11.3 Å². The zero-order valence-electron chi connectivity index (χ0n) is 11.3. The molecule has 3 aromatic heterocycles. The predicted octanol–water partition coefficient (Wildman–Crippen LogP) is 2.06. The van der Waals surface area contributed by atoms with Crippen molar-refractivity contribution in [2.24, 2.45) is 0 Å². The lowest BCUT2D eigenvalue weighted by Gasteiger charge is -2.01. The molecule has 104 valence electrons. The van der Waals surface area contributed by atoms with Crippen LogP contribution >= 0.6 is 0 Å². The van der Waals surface area contributed by atoms with E-state index in [4.69, 9.17) is 0 Å². The van der Waals surface area contributed by atoms with Crippen molar-refractivity contribution in [2.45, 2.75) is 6.54 Å². The van der Waals surface area contributed by atoms with Gasteiger partial charge in [0.05, 0.1) is 11.9 Å². The van der Waals surface area contributed by atoms with E-state index in [-0.39, 0.29) is 5.91 Å². The molecule has 0 saturated carbocycles. The highest BCUT2D eigenvalue weighted by Crippen LogP contribution is 2.07. The van der Waals surface area contributed by atoms with Gasteiger partial charge in [0.25, 0.3) is 0 Å². The maximum absolute atomic E-state index is 11.8. The first kappa shape index (κ1) is 13.1. The van der Waals surface area contributed by atoms with E-state index >= 15 is 0 Å². The fraction of sp³-hybridized carbons (Fsp3) is 0.0625. The van der Waals surface area contributed by atoms with Crippen molar-refractivity contribution in [3.63, 3.8) is 0 Å². The van der Waals surface area contributed by atoms with Gasteiger partial charge in [0.1, 0.15) is 5.65 Å². The van der Waals surface area contributed by atoms with Gasteiger partial charge in [0.15, 0.2) is 0 Å². The standard InChI is InChI=1S/C16H14N4O/c21-16(19-11-13-6-8-17-9-7-13)5-4-14-12-18-15-3-1-2-10-20(14)15/h1-10,12H,11H2,(H,19,21)/b5-4+. The molecule has 0 fully saturated rings. The van der Waals surface area contributed by atoms with Gasteiger partial charge in [-0.2, -0.15) is 0 Å². The van der Waals surface area contributed by atoms with E-state index in [1.165, 1.54) is 6.08 Å². The summed E-state index contributed by atoms with van der Waals surface area (Å²) >= 11 is 0. The van der Waals surface area contributed by atoms with Gasteiger partial charge in [-0.05, 0) is 35.9 Å². The minimum atomic E-state index is -0.141. The van der Waals surface area contributed by atoms with Gasteiger partial charge >= 0.3 is 0 Å². The number of carbonyl (C=O) groups is 1. The third kappa shape index (κ3) is 3.14. The minimum absolute atomic E-state index is 0.141. The molecule has 1 N–H and O–H groups in total. The number of fused-ring (bicyclic) bond motifs is 1. The van der Waals surface area contributed by atoms with Crippen molar-refractivity contribution in [3.8, 4) is 0 Å². The molecule has 0 aliphatic heterocycles. The summed E-state index contributed by atoms with van der Waals surface area (Å²) in [6.07, 6.45) is 10.3. The molecule has 0 aliphatic carbocycles. The Kier molecular flexibility index (Phi) is 3.73. The Morgan fingerprint density at radius 3 is 2.95 bits per heavy atom. The Morgan fingerprint density at radius 1 is 1.24 bits per heavy atom. The second-order valence-electron chi connectivity index (χ2n) is 4.52. The Labute approximate surface area is 122 Å². The van der Waals surface area contributed by atoms with Gasteiger partial charge in [-0.25, -0.2) is 4.98 Å².